The van der Waals surface area contributed by atoms with Crippen molar-refractivity contribution in [1.82, 2.24) is 0 Å². The predicted molar refractivity (Wildman–Crippen MR) is 105 cm³/mol. The number of fused-ring (bicyclic) bond motifs is 1. The molecule has 0 saturated carbocycles. The minimum atomic E-state index is 0.140. The lowest BCUT2D eigenvalue weighted by Gasteiger charge is -2.29. The number of hydrogen-bond acceptors (Lipinski definition) is 3. The van der Waals surface area contributed by atoms with E-state index in [4.69, 9.17) is 23.2 Å². The largest absolute Gasteiger partial charge is 0.362 e. The highest BCUT2D eigenvalue weighted by molar-refractivity contribution is 6.42. The fourth-order valence-corrected chi connectivity index (χ4v) is 3.44. The molecular formula is C19H21Cl2N3. The number of nitrogens with one attached hydrogen (secondary N) is 1. The fourth-order valence-electron chi connectivity index (χ4n) is 3.13. The average Bonchev–Trinajstić information content (AvgIpc) is 2.88. The lowest BCUT2D eigenvalue weighted by Crippen LogP contribution is -2.41. The van der Waals surface area contributed by atoms with E-state index >= 15 is 0 Å². The molecule has 3 nitrogen and oxygen atoms in total. The van der Waals surface area contributed by atoms with Gasteiger partial charge < -0.3 is 15.1 Å². The molecule has 2 aromatic rings. The molecule has 5 heteroatoms. The highest BCUT2D eigenvalue weighted by Crippen LogP contribution is 2.44. The third-order valence-electron chi connectivity index (χ3n) is 4.25. The van der Waals surface area contributed by atoms with Gasteiger partial charge in [0.1, 0.15) is 6.17 Å². The van der Waals surface area contributed by atoms with Crippen LogP contribution in [0.5, 0.6) is 0 Å². The van der Waals surface area contributed by atoms with E-state index in [9.17, 15) is 0 Å². The van der Waals surface area contributed by atoms with Gasteiger partial charge in [-0.15, -0.1) is 0 Å². The molecule has 1 aliphatic heterocycles. The second-order valence-electron chi connectivity index (χ2n) is 5.61. The smallest absolute Gasteiger partial charge is 0.123 e. The summed E-state index contributed by atoms with van der Waals surface area (Å²) in [5.41, 5.74) is 3.33. The summed E-state index contributed by atoms with van der Waals surface area (Å²) in [5, 5.41) is 4.51. The van der Waals surface area contributed by atoms with Gasteiger partial charge in [0.25, 0.3) is 0 Å². The topological polar surface area (TPSA) is 18.5 Å². The number of benzene rings is 2. The average molecular weight is 362 g/mol. The summed E-state index contributed by atoms with van der Waals surface area (Å²) in [7, 11) is 0. The zero-order valence-electron chi connectivity index (χ0n) is 13.8. The van der Waals surface area contributed by atoms with Gasteiger partial charge in [-0.05, 0) is 44.2 Å². The molecule has 1 N–H and O–H groups in total. The van der Waals surface area contributed by atoms with Gasteiger partial charge in [-0.1, -0.05) is 41.4 Å². The summed E-state index contributed by atoms with van der Waals surface area (Å²) in [6, 6.07) is 14.1. The SMILES string of the molecule is CCN1c2cc(Cl)c(Cl)cc2N(CC)C1C=CNc1ccccc1. The van der Waals surface area contributed by atoms with Gasteiger partial charge in [0.2, 0.25) is 0 Å². The normalized spacial score (nSPS) is 14.5. The molecule has 0 aliphatic carbocycles. The van der Waals surface area contributed by atoms with Crippen LogP contribution in [0.3, 0.4) is 0 Å². The van der Waals surface area contributed by atoms with Crippen molar-refractivity contribution in [1.29, 1.82) is 0 Å². The maximum atomic E-state index is 6.23. The van der Waals surface area contributed by atoms with Gasteiger partial charge in [0.05, 0.1) is 21.4 Å². The Kier molecular flexibility index (Phi) is 5.22. The molecule has 0 unspecified atom stereocenters. The van der Waals surface area contributed by atoms with Crippen molar-refractivity contribution in [2.45, 2.75) is 20.0 Å². The van der Waals surface area contributed by atoms with Crippen LogP contribution in [0.1, 0.15) is 13.8 Å². The molecule has 0 radical (unpaired) electrons. The van der Waals surface area contributed by atoms with Gasteiger partial charge in [-0.3, -0.25) is 0 Å². The van der Waals surface area contributed by atoms with Gasteiger partial charge in [-0.2, -0.15) is 0 Å². The molecule has 0 spiro atoms. The van der Waals surface area contributed by atoms with Crippen LogP contribution in [0, 0.1) is 0 Å². The Bertz CT molecular complexity index is 694. The van der Waals surface area contributed by atoms with Crippen LogP contribution in [0.4, 0.5) is 17.1 Å². The van der Waals surface area contributed by atoms with Crippen LogP contribution < -0.4 is 15.1 Å². The fraction of sp³-hybridized carbons (Fsp3) is 0.263. The molecule has 0 aromatic heterocycles. The first kappa shape index (κ1) is 17.0. The summed E-state index contributed by atoms with van der Waals surface area (Å²) in [4.78, 5) is 4.65. The van der Waals surface area contributed by atoms with E-state index in [0.717, 1.165) is 30.2 Å². The Balaban J connectivity index is 1.87. The summed E-state index contributed by atoms with van der Waals surface area (Å²) in [5.74, 6) is 0. The molecule has 1 aliphatic rings. The van der Waals surface area contributed by atoms with Crippen LogP contribution in [-0.4, -0.2) is 19.3 Å². The van der Waals surface area contributed by atoms with E-state index in [0.29, 0.717) is 10.0 Å². The first-order chi connectivity index (χ1) is 11.7. The summed E-state index contributed by atoms with van der Waals surface area (Å²) >= 11 is 12.5. The second kappa shape index (κ2) is 7.37. The number of halogens is 2. The summed E-state index contributed by atoms with van der Waals surface area (Å²) < 4.78 is 0. The zero-order valence-corrected chi connectivity index (χ0v) is 15.3. The molecule has 0 fully saturated rings. The van der Waals surface area contributed by atoms with Crippen molar-refractivity contribution in [3.05, 3.63) is 64.8 Å². The van der Waals surface area contributed by atoms with Crippen molar-refractivity contribution >= 4 is 40.3 Å². The Labute approximate surface area is 153 Å². The minimum Gasteiger partial charge on any atom is -0.362 e. The molecular weight excluding hydrogens is 341 g/mol. The van der Waals surface area contributed by atoms with Crippen LogP contribution in [-0.2, 0) is 0 Å². The maximum absolute atomic E-state index is 6.23. The lowest BCUT2D eigenvalue weighted by molar-refractivity contribution is 0.693. The quantitative estimate of drug-likeness (QED) is 0.746. The number of para-hydroxylation sites is 1. The highest BCUT2D eigenvalue weighted by atomic mass is 35.5. The Morgan fingerprint density at radius 2 is 1.50 bits per heavy atom. The third kappa shape index (κ3) is 3.19. The third-order valence-corrected chi connectivity index (χ3v) is 4.97. The van der Waals surface area contributed by atoms with E-state index < -0.39 is 0 Å². The van der Waals surface area contributed by atoms with E-state index in [1.54, 1.807) is 0 Å². The maximum Gasteiger partial charge on any atom is 0.123 e. The summed E-state index contributed by atoms with van der Waals surface area (Å²) in [6.07, 6.45) is 4.31. The monoisotopic (exact) mass is 361 g/mol. The Morgan fingerprint density at radius 3 is 2.00 bits per heavy atom. The van der Waals surface area contributed by atoms with E-state index in [2.05, 4.69) is 35.0 Å². The van der Waals surface area contributed by atoms with E-state index in [1.165, 1.54) is 0 Å². The van der Waals surface area contributed by atoms with E-state index in [-0.39, 0.29) is 6.17 Å². The zero-order chi connectivity index (χ0) is 17.1. The van der Waals surface area contributed by atoms with Crippen molar-refractivity contribution in [3.63, 3.8) is 0 Å². The van der Waals surface area contributed by atoms with Crippen molar-refractivity contribution in [2.24, 2.45) is 0 Å². The van der Waals surface area contributed by atoms with Crippen LogP contribution >= 0.6 is 23.2 Å². The molecule has 24 heavy (non-hydrogen) atoms. The molecule has 3 rings (SSSR count). The Morgan fingerprint density at radius 1 is 0.958 bits per heavy atom. The standard InChI is InChI=1S/C19H21Cl2N3/c1-3-23-17-12-15(20)16(21)13-18(17)24(4-2)19(23)10-11-22-14-8-6-5-7-9-14/h5-13,19,22H,3-4H2,1-2H3. The van der Waals surface area contributed by atoms with Gasteiger partial charge in [0.15, 0.2) is 0 Å². The molecule has 0 bridgehead atoms. The molecule has 0 amide bonds. The highest BCUT2D eigenvalue weighted by Gasteiger charge is 2.33. The minimum absolute atomic E-state index is 0.140. The van der Waals surface area contributed by atoms with Crippen molar-refractivity contribution < 1.29 is 0 Å². The molecule has 1 heterocycles. The van der Waals surface area contributed by atoms with Gasteiger partial charge in [-0.25, -0.2) is 0 Å². The van der Waals surface area contributed by atoms with E-state index in [1.807, 2.05) is 48.7 Å². The molecule has 2 aromatic carbocycles. The number of likely N-dealkylation sites (N-methyl/N-ethyl adjacent to an activating group) is 2. The predicted octanol–water partition coefficient (Wildman–Crippen LogP) is 5.61. The van der Waals surface area contributed by atoms with Crippen molar-refractivity contribution in [3.8, 4) is 0 Å². The number of rotatable bonds is 5. The second-order valence-corrected chi connectivity index (χ2v) is 6.42. The van der Waals surface area contributed by atoms with Crippen LogP contribution in [0.2, 0.25) is 10.0 Å². The molecule has 0 atom stereocenters. The number of hydrogen-bond donors (Lipinski definition) is 1. The summed E-state index contributed by atoms with van der Waals surface area (Å²) in [6.45, 7) is 6.08. The Hall–Kier alpha value is -1.84. The number of nitrogens with zero attached hydrogens (tertiary/aromatic N) is 2. The lowest BCUT2D eigenvalue weighted by atomic mass is 10.2. The van der Waals surface area contributed by atoms with Crippen molar-refractivity contribution in [2.75, 3.05) is 28.2 Å². The molecule has 0 saturated heterocycles. The number of anilines is 3. The van der Waals surface area contributed by atoms with Gasteiger partial charge >= 0.3 is 0 Å². The molecule has 126 valence electrons. The van der Waals surface area contributed by atoms with Gasteiger partial charge in [0, 0.05) is 25.0 Å². The first-order valence-corrected chi connectivity index (χ1v) is 8.91. The first-order valence-electron chi connectivity index (χ1n) is 8.16. The van der Waals surface area contributed by atoms with Crippen LogP contribution in [0.15, 0.2) is 54.7 Å². The van der Waals surface area contributed by atoms with Crippen LogP contribution in [0.25, 0.3) is 0 Å².